The molecular formula is C16H26N2O3S2. The van der Waals surface area contributed by atoms with Gasteiger partial charge in [-0.05, 0) is 36.6 Å². The van der Waals surface area contributed by atoms with Gasteiger partial charge in [0.15, 0.2) is 0 Å². The van der Waals surface area contributed by atoms with Gasteiger partial charge < -0.3 is 5.32 Å². The van der Waals surface area contributed by atoms with Crippen molar-refractivity contribution in [1.29, 1.82) is 0 Å². The molecule has 1 fully saturated rings. The van der Waals surface area contributed by atoms with Crippen LogP contribution in [0.3, 0.4) is 0 Å². The Kier molecular flexibility index (Phi) is 6.61. The van der Waals surface area contributed by atoms with Crippen molar-refractivity contribution in [3.63, 3.8) is 0 Å². The van der Waals surface area contributed by atoms with Crippen molar-refractivity contribution in [2.45, 2.75) is 55.7 Å². The Labute approximate surface area is 143 Å². The number of hydrogen-bond acceptors (Lipinski definition) is 4. The zero-order valence-electron chi connectivity index (χ0n) is 13.8. The van der Waals surface area contributed by atoms with Crippen LogP contribution in [0.25, 0.3) is 0 Å². The Morgan fingerprint density at radius 2 is 2.13 bits per heavy atom. The number of hydrogen-bond donors (Lipinski definition) is 1. The summed E-state index contributed by atoms with van der Waals surface area (Å²) in [5.74, 6) is 0.570. The van der Waals surface area contributed by atoms with Gasteiger partial charge in [0.25, 0.3) is 10.0 Å². The second-order valence-corrected chi connectivity index (χ2v) is 9.52. The van der Waals surface area contributed by atoms with Crippen molar-refractivity contribution < 1.29 is 13.2 Å². The number of nitrogens with zero attached hydrogens (tertiary/aromatic N) is 1. The van der Waals surface area contributed by atoms with Crippen LogP contribution >= 0.6 is 11.3 Å². The van der Waals surface area contributed by atoms with Gasteiger partial charge in [0.2, 0.25) is 5.91 Å². The summed E-state index contributed by atoms with van der Waals surface area (Å²) in [7, 11) is -1.84. The Balaban J connectivity index is 1.75. The van der Waals surface area contributed by atoms with E-state index in [0.29, 0.717) is 29.5 Å². The molecule has 1 saturated carbocycles. The molecule has 2 atom stereocenters. The van der Waals surface area contributed by atoms with E-state index in [1.165, 1.54) is 34.9 Å². The molecule has 5 nitrogen and oxygen atoms in total. The highest BCUT2D eigenvalue weighted by atomic mass is 32.2. The predicted octanol–water partition coefficient (Wildman–Crippen LogP) is 2.84. The maximum Gasteiger partial charge on any atom is 0.252 e. The zero-order valence-corrected chi connectivity index (χ0v) is 15.5. The SMILES string of the molecule is CC1CCCCC1NC(=O)CCCN(C)S(=O)(=O)c1cccs1. The van der Waals surface area contributed by atoms with Gasteiger partial charge in [0, 0.05) is 26.1 Å². The highest BCUT2D eigenvalue weighted by Crippen LogP contribution is 2.24. The Morgan fingerprint density at radius 1 is 1.39 bits per heavy atom. The summed E-state index contributed by atoms with van der Waals surface area (Å²) < 4.78 is 26.2. The molecule has 1 aromatic rings. The molecule has 0 saturated heterocycles. The van der Waals surface area contributed by atoms with Gasteiger partial charge in [-0.2, -0.15) is 0 Å². The van der Waals surface area contributed by atoms with Crippen molar-refractivity contribution >= 4 is 27.3 Å². The summed E-state index contributed by atoms with van der Waals surface area (Å²) in [6.45, 7) is 2.54. The largest absolute Gasteiger partial charge is 0.353 e. The Hall–Kier alpha value is -0.920. The standard InChI is InChI=1S/C16H26N2O3S2/c1-13-7-3-4-8-14(13)17-15(19)9-5-11-18(2)23(20,21)16-10-6-12-22-16/h6,10,12-14H,3-5,7-9,11H2,1-2H3,(H,17,19). The third kappa shape index (κ3) is 5.02. The lowest BCUT2D eigenvalue weighted by Crippen LogP contribution is -2.41. The minimum Gasteiger partial charge on any atom is -0.353 e. The molecule has 0 aliphatic heterocycles. The van der Waals surface area contributed by atoms with E-state index in [2.05, 4.69) is 12.2 Å². The maximum atomic E-state index is 12.3. The molecule has 1 amide bonds. The number of carbonyl (C=O) groups excluding carboxylic acids is 1. The van der Waals surface area contributed by atoms with Crippen LogP contribution in [0, 0.1) is 5.92 Å². The topological polar surface area (TPSA) is 66.5 Å². The monoisotopic (exact) mass is 358 g/mol. The average molecular weight is 359 g/mol. The Bertz CT molecular complexity index is 599. The van der Waals surface area contributed by atoms with Crippen LogP contribution in [-0.2, 0) is 14.8 Å². The first-order chi connectivity index (χ1) is 10.9. The van der Waals surface area contributed by atoms with E-state index in [0.717, 1.165) is 6.42 Å². The fourth-order valence-electron chi connectivity index (χ4n) is 2.96. The van der Waals surface area contributed by atoms with E-state index in [1.54, 1.807) is 24.6 Å². The van der Waals surface area contributed by atoms with Crippen LogP contribution in [0.2, 0.25) is 0 Å². The molecule has 1 heterocycles. The van der Waals surface area contributed by atoms with Crippen LogP contribution in [-0.4, -0.2) is 38.3 Å². The molecule has 1 aliphatic rings. The second kappa shape index (κ2) is 8.26. The fraction of sp³-hybridized carbons (Fsp3) is 0.688. The number of amides is 1. The van der Waals surface area contributed by atoms with Gasteiger partial charge in [-0.3, -0.25) is 4.79 Å². The molecule has 0 aromatic carbocycles. The van der Waals surface area contributed by atoms with Gasteiger partial charge in [0.05, 0.1) is 0 Å². The number of sulfonamides is 1. The van der Waals surface area contributed by atoms with Gasteiger partial charge in [0.1, 0.15) is 4.21 Å². The maximum absolute atomic E-state index is 12.3. The summed E-state index contributed by atoms with van der Waals surface area (Å²) in [5, 5.41) is 4.85. The van der Waals surface area contributed by atoms with Crippen LogP contribution in [0.5, 0.6) is 0 Å². The highest BCUT2D eigenvalue weighted by molar-refractivity contribution is 7.91. The number of thiophene rings is 1. The smallest absolute Gasteiger partial charge is 0.252 e. The molecule has 1 N–H and O–H groups in total. The zero-order chi connectivity index (χ0) is 16.9. The van der Waals surface area contributed by atoms with E-state index >= 15 is 0 Å². The highest BCUT2D eigenvalue weighted by Gasteiger charge is 2.24. The van der Waals surface area contributed by atoms with Crippen LogP contribution in [0.1, 0.15) is 45.4 Å². The molecule has 1 aliphatic carbocycles. The lowest BCUT2D eigenvalue weighted by molar-refractivity contribution is -0.122. The first-order valence-electron chi connectivity index (χ1n) is 8.20. The molecule has 2 rings (SSSR count). The predicted molar refractivity (Wildman–Crippen MR) is 92.9 cm³/mol. The quantitative estimate of drug-likeness (QED) is 0.815. The molecule has 7 heteroatoms. The first-order valence-corrected chi connectivity index (χ1v) is 10.5. The van der Waals surface area contributed by atoms with Gasteiger partial charge in [-0.15, -0.1) is 11.3 Å². The van der Waals surface area contributed by atoms with Crippen molar-refractivity contribution in [3.05, 3.63) is 17.5 Å². The van der Waals surface area contributed by atoms with Crippen molar-refractivity contribution in [1.82, 2.24) is 9.62 Å². The summed E-state index contributed by atoms with van der Waals surface area (Å²) >= 11 is 1.21. The lowest BCUT2D eigenvalue weighted by atomic mass is 9.86. The molecule has 0 bridgehead atoms. The van der Waals surface area contributed by atoms with Gasteiger partial charge >= 0.3 is 0 Å². The average Bonchev–Trinajstić information content (AvgIpc) is 3.04. The molecule has 0 radical (unpaired) electrons. The minimum absolute atomic E-state index is 0.0330. The summed E-state index contributed by atoms with van der Waals surface area (Å²) in [5.41, 5.74) is 0. The fourth-order valence-corrected chi connectivity index (χ4v) is 5.37. The van der Waals surface area contributed by atoms with E-state index < -0.39 is 10.0 Å². The van der Waals surface area contributed by atoms with Crippen molar-refractivity contribution in [2.75, 3.05) is 13.6 Å². The second-order valence-electron chi connectivity index (χ2n) is 6.30. The number of nitrogens with one attached hydrogen (secondary N) is 1. The molecule has 2 unspecified atom stereocenters. The molecule has 23 heavy (non-hydrogen) atoms. The Morgan fingerprint density at radius 3 is 2.78 bits per heavy atom. The minimum atomic E-state index is -3.41. The summed E-state index contributed by atoms with van der Waals surface area (Å²) in [4.78, 5) is 12.0. The van der Waals surface area contributed by atoms with E-state index in [1.807, 2.05) is 0 Å². The van der Waals surface area contributed by atoms with Crippen molar-refractivity contribution in [3.8, 4) is 0 Å². The molecule has 130 valence electrons. The summed E-state index contributed by atoms with van der Waals surface area (Å²) in [6.07, 6.45) is 5.56. The number of carbonyl (C=O) groups is 1. The van der Waals surface area contributed by atoms with E-state index in [9.17, 15) is 13.2 Å². The molecule has 1 aromatic heterocycles. The molecular weight excluding hydrogens is 332 g/mol. The van der Waals surface area contributed by atoms with Crippen LogP contribution in [0.4, 0.5) is 0 Å². The molecule has 0 spiro atoms. The van der Waals surface area contributed by atoms with Crippen molar-refractivity contribution in [2.24, 2.45) is 5.92 Å². The van der Waals surface area contributed by atoms with Gasteiger partial charge in [-0.25, -0.2) is 12.7 Å². The first kappa shape index (κ1) is 18.4. The summed E-state index contributed by atoms with van der Waals surface area (Å²) in [6, 6.07) is 3.61. The van der Waals surface area contributed by atoms with E-state index in [4.69, 9.17) is 0 Å². The third-order valence-corrected chi connectivity index (χ3v) is 7.72. The lowest BCUT2D eigenvalue weighted by Gasteiger charge is -2.29. The van der Waals surface area contributed by atoms with Gasteiger partial charge in [-0.1, -0.05) is 25.8 Å². The van der Waals surface area contributed by atoms with Crippen LogP contribution < -0.4 is 5.32 Å². The normalized spacial score (nSPS) is 22.2. The van der Waals surface area contributed by atoms with Crippen LogP contribution in [0.15, 0.2) is 21.7 Å². The van der Waals surface area contributed by atoms with E-state index in [-0.39, 0.29) is 11.9 Å². The third-order valence-electron chi connectivity index (χ3n) is 4.49. The number of rotatable bonds is 7.